The van der Waals surface area contributed by atoms with Crippen molar-refractivity contribution in [1.29, 1.82) is 0 Å². The van der Waals surface area contributed by atoms with Crippen LogP contribution in [-0.4, -0.2) is 10.8 Å². The van der Waals surface area contributed by atoms with E-state index in [1.807, 2.05) is 12.3 Å². The van der Waals surface area contributed by atoms with Crippen LogP contribution in [0.2, 0.25) is 0 Å². The van der Waals surface area contributed by atoms with Gasteiger partial charge in [0.05, 0.1) is 0 Å². The summed E-state index contributed by atoms with van der Waals surface area (Å²) in [4.78, 5) is 17.3. The van der Waals surface area contributed by atoms with E-state index in [0.29, 0.717) is 5.78 Å². The Bertz CT molecular complexity index is 531. The van der Waals surface area contributed by atoms with Gasteiger partial charge in [0, 0.05) is 23.9 Å². The van der Waals surface area contributed by atoms with Gasteiger partial charge >= 0.3 is 0 Å². The van der Waals surface area contributed by atoms with Gasteiger partial charge in [-0.3, -0.25) is 4.79 Å². The number of thiophene rings is 1. The third-order valence-electron chi connectivity index (χ3n) is 3.33. The topological polar surface area (TPSA) is 30.0 Å². The average Bonchev–Trinajstić information content (AvgIpc) is 2.77. The van der Waals surface area contributed by atoms with Gasteiger partial charge in [-0.15, -0.1) is 11.3 Å². The largest absolute Gasteiger partial charge is 0.299 e. The Hall–Kier alpha value is -1.22. The number of pyridine rings is 1. The van der Waals surface area contributed by atoms with Crippen LogP contribution in [0.3, 0.4) is 0 Å². The van der Waals surface area contributed by atoms with Crippen LogP contribution in [0.1, 0.15) is 37.2 Å². The fourth-order valence-electron chi connectivity index (χ4n) is 2.51. The number of rotatable bonds is 1. The number of ketones is 1. The quantitative estimate of drug-likeness (QED) is 0.751. The normalized spacial score (nSPS) is 21.5. The minimum absolute atomic E-state index is 0.119. The molecule has 16 heavy (non-hydrogen) atoms. The molecule has 0 saturated heterocycles. The zero-order valence-electron chi connectivity index (χ0n) is 8.98. The number of fused-ring (bicyclic) bond motifs is 1. The molecule has 0 radical (unpaired) electrons. The van der Waals surface area contributed by atoms with Crippen LogP contribution in [0.5, 0.6) is 0 Å². The van der Waals surface area contributed by atoms with Crippen LogP contribution in [0, 0.1) is 0 Å². The lowest BCUT2D eigenvalue weighted by Crippen LogP contribution is -2.17. The molecule has 0 N–H and O–H groups in total. The molecule has 1 atom stereocenters. The van der Waals surface area contributed by atoms with E-state index in [1.54, 1.807) is 11.3 Å². The van der Waals surface area contributed by atoms with Gasteiger partial charge < -0.3 is 0 Å². The molecule has 0 spiro atoms. The van der Waals surface area contributed by atoms with E-state index in [0.717, 1.165) is 24.1 Å². The molecule has 3 rings (SSSR count). The summed E-state index contributed by atoms with van der Waals surface area (Å²) in [6, 6.07) is 4.10. The van der Waals surface area contributed by atoms with Crippen molar-refractivity contribution in [3.63, 3.8) is 0 Å². The van der Waals surface area contributed by atoms with Gasteiger partial charge in [0.15, 0.2) is 0 Å². The second kappa shape index (κ2) is 3.98. The Balaban J connectivity index is 2.10. The van der Waals surface area contributed by atoms with Crippen molar-refractivity contribution in [2.24, 2.45) is 0 Å². The van der Waals surface area contributed by atoms with Gasteiger partial charge in [-0.25, -0.2) is 4.98 Å². The Labute approximate surface area is 98.3 Å². The fourth-order valence-corrected chi connectivity index (χ4v) is 3.28. The molecule has 0 bridgehead atoms. The monoisotopic (exact) mass is 231 g/mol. The lowest BCUT2D eigenvalue weighted by atomic mass is 9.82. The first-order chi connectivity index (χ1) is 7.86. The molecular formula is C13H13NOS. The number of hydrogen-bond acceptors (Lipinski definition) is 3. The molecule has 2 heterocycles. The molecule has 2 aromatic rings. The van der Waals surface area contributed by atoms with E-state index in [9.17, 15) is 4.79 Å². The van der Waals surface area contributed by atoms with Gasteiger partial charge in [-0.1, -0.05) is 6.42 Å². The molecule has 1 saturated carbocycles. The van der Waals surface area contributed by atoms with Crippen LogP contribution in [0.25, 0.3) is 10.2 Å². The van der Waals surface area contributed by atoms with Gasteiger partial charge in [-0.05, 0) is 35.9 Å². The molecule has 1 aliphatic rings. The third kappa shape index (κ3) is 1.55. The second-order valence-electron chi connectivity index (χ2n) is 4.30. The highest BCUT2D eigenvalue weighted by Crippen LogP contribution is 2.34. The number of hydrogen-bond donors (Lipinski definition) is 0. The maximum absolute atomic E-state index is 11.9. The summed E-state index contributed by atoms with van der Waals surface area (Å²) in [5, 5.41) is 3.22. The minimum Gasteiger partial charge on any atom is -0.299 e. The summed E-state index contributed by atoms with van der Waals surface area (Å²) in [5.74, 6) is 0.527. The predicted octanol–water partition coefficient (Wildman–Crippen LogP) is 3.52. The van der Waals surface area contributed by atoms with Gasteiger partial charge in [0.25, 0.3) is 0 Å². The summed E-state index contributed by atoms with van der Waals surface area (Å²) < 4.78 is 0. The Morgan fingerprint density at radius 2 is 2.25 bits per heavy atom. The van der Waals surface area contributed by atoms with E-state index in [-0.39, 0.29) is 5.92 Å². The molecule has 0 aliphatic heterocycles. The third-order valence-corrected chi connectivity index (χ3v) is 4.15. The number of carbonyl (C=O) groups is 1. The Morgan fingerprint density at radius 3 is 3.12 bits per heavy atom. The first kappa shape index (κ1) is 9.97. The van der Waals surface area contributed by atoms with E-state index in [2.05, 4.69) is 16.4 Å². The lowest BCUT2D eigenvalue weighted by Gasteiger charge is -2.21. The zero-order valence-corrected chi connectivity index (χ0v) is 9.80. The highest BCUT2D eigenvalue weighted by atomic mass is 32.1. The van der Waals surface area contributed by atoms with Crippen molar-refractivity contribution >= 4 is 27.3 Å². The van der Waals surface area contributed by atoms with Crippen LogP contribution < -0.4 is 0 Å². The summed E-state index contributed by atoms with van der Waals surface area (Å²) >= 11 is 1.64. The molecule has 2 aromatic heterocycles. The summed E-state index contributed by atoms with van der Waals surface area (Å²) in [6.45, 7) is 0. The van der Waals surface area contributed by atoms with Crippen LogP contribution in [0.4, 0.5) is 0 Å². The summed E-state index contributed by atoms with van der Waals surface area (Å²) in [5.41, 5.74) is 1.19. The van der Waals surface area contributed by atoms with E-state index >= 15 is 0 Å². The molecule has 2 nitrogen and oxygen atoms in total. The standard InChI is InChI=1S/C13H13NOS/c15-12-4-2-1-3-10(12)9-5-7-14-13-11(9)6-8-16-13/h5-8,10H,1-4H2. The zero-order chi connectivity index (χ0) is 11.0. The highest BCUT2D eigenvalue weighted by molar-refractivity contribution is 7.16. The van der Waals surface area contributed by atoms with Crippen LogP contribution >= 0.6 is 11.3 Å². The smallest absolute Gasteiger partial charge is 0.140 e. The number of aromatic nitrogens is 1. The molecule has 0 aromatic carbocycles. The van der Waals surface area contributed by atoms with Gasteiger partial charge in [0.1, 0.15) is 10.6 Å². The maximum atomic E-state index is 11.9. The molecule has 82 valence electrons. The molecule has 1 unspecified atom stereocenters. The molecule has 1 aliphatic carbocycles. The van der Waals surface area contributed by atoms with Gasteiger partial charge in [-0.2, -0.15) is 0 Å². The first-order valence-electron chi connectivity index (χ1n) is 5.71. The molecular weight excluding hydrogens is 218 g/mol. The van der Waals surface area contributed by atoms with Crippen molar-refractivity contribution < 1.29 is 4.79 Å². The minimum atomic E-state index is 0.119. The lowest BCUT2D eigenvalue weighted by molar-refractivity contribution is -0.121. The summed E-state index contributed by atoms with van der Waals surface area (Å²) in [7, 11) is 0. The van der Waals surface area contributed by atoms with Crippen LogP contribution in [-0.2, 0) is 4.79 Å². The molecule has 3 heteroatoms. The van der Waals surface area contributed by atoms with Gasteiger partial charge in [0.2, 0.25) is 0 Å². The second-order valence-corrected chi connectivity index (χ2v) is 5.20. The maximum Gasteiger partial charge on any atom is 0.140 e. The Morgan fingerprint density at radius 1 is 1.31 bits per heavy atom. The van der Waals surface area contributed by atoms with E-state index in [1.165, 1.54) is 17.4 Å². The number of nitrogens with zero attached hydrogens (tertiary/aromatic N) is 1. The fraction of sp³-hybridized carbons (Fsp3) is 0.385. The number of Topliss-reactive ketones (excluding diaryl/α,β-unsaturated/α-hetero) is 1. The SMILES string of the molecule is O=C1CCCCC1c1ccnc2sccc12. The number of carbonyl (C=O) groups excluding carboxylic acids is 1. The van der Waals surface area contributed by atoms with Crippen molar-refractivity contribution in [2.45, 2.75) is 31.6 Å². The van der Waals surface area contributed by atoms with Crippen molar-refractivity contribution in [3.05, 3.63) is 29.3 Å². The highest BCUT2D eigenvalue weighted by Gasteiger charge is 2.25. The summed E-state index contributed by atoms with van der Waals surface area (Å²) in [6.07, 6.45) is 5.82. The van der Waals surface area contributed by atoms with Crippen LogP contribution in [0.15, 0.2) is 23.7 Å². The predicted molar refractivity (Wildman–Crippen MR) is 65.8 cm³/mol. The van der Waals surface area contributed by atoms with Crippen molar-refractivity contribution in [3.8, 4) is 0 Å². The van der Waals surface area contributed by atoms with Crippen molar-refractivity contribution in [1.82, 2.24) is 4.98 Å². The molecule has 1 fully saturated rings. The average molecular weight is 231 g/mol. The first-order valence-corrected chi connectivity index (χ1v) is 6.59. The van der Waals surface area contributed by atoms with E-state index < -0.39 is 0 Å². The van der Waals surface area contributed by atoms with E-state index in [4.69, 9.17) is 0 Å². The van der Waals surface area contributed by atoms with Crippen molar-refractivity contribution in [2.75, 3.05) is 0 Å². The Kier molecular flexibility index (Phi) is 2.48. The molecule has 0 amide bonds.